The fourth-order valence-corrected chi connectivity index (χ4v) is 2.45. The fourth-order valence-electron chi connectivity index (χ4n) is 2.45. The SMILES string of the molecule is COc1cccc(COC(=O)CC(NC(C)=O)c2ccc(C)cc2)c1. The second-order valence-corrected chi connectivity index (χ2v) is 5.88. The topological polar surface area (TPSA) is 64.6 Å². The molecule has 0 saturated heterocycles. The number of carbonyl (C=O) groups excluding carboxylic acids is 2. The van der Waals surface area contributed by atoms with Gasteiger partial charge in [-0.25, -0.2) is 0 Å². The van der Waals surface area contributed by atoms with E-state index in [1.807, 2.05) is 55.5 Å². The lowest BCUT2D eigenvalue weighted by Gasteiger charge is -2.18. The summed E-state index contributed by atoms with van der Waals surface area (Å²) in [6.07, 6.45) is 0.0760. The zero-order valence-corrected chi connectivity index (χ0v) is 14.7. The molecule has 1 amide bonds. The Morgan fingerprint density at radius 2 is 1.84 bits per heavy atom. The lowest BCUT2D eigenvalue weighted by atomic mass is 10.0. The van der Waals surface area contributed by atoms with Gasteiger partial charge in [-0.05, 0) is 30.2 Å². The number of esters is 1. The molecule has 0 aliphatic heterocycles. The smallest absolute Gasteiger partial charge is 0.308 e. The van der Waals surface area contributed by atoms with E-state index in [1.165, 1.54) is 6.92 Å². The van der Waals surface area contributed by atoms with Gasteiger partial charge in [0.15, 0.2) is 0 Å². The molecule has 0 spiro atoms. The van der Waals surface area contributed by atoms with Crippen molar-refractivity contribution in [1.82, 2.24) is 5.32 Å². The van der Waals surface area contributed by atoms with Gasteiger partial charge in [0, 0.05) is 6.92 Å². The van der Waals surface area contributed by atoms with Crippen molar-refractivity contribution in [3.05, 3.63) is 65.2 Å². The maximum Gasteiger partial charge on any atom is 0.308 e. The highest BCUT2D eigenvalue weighted by Gasteiger charge is 2.18. The average molecular weight is 341 g/mol. The number of benzene rings is 2. The number of hydrogen-bond donors (Lipinski definition) is 1. The molecule has 0 aliphatic rings. The van der Waals surface area contributed by atoms with E-state index in [0.29, 0.717) is 5.75 Å². The third-order valence-electron chi connectivity index (χ3n) is 3.76. The molecule has 0 aromatic heterocycles. The Morgan fingerprint density at radius 1 is 1.12 bits per heavy atom. The molecule has 132 valence electrons. The van der Waals surface area contributed by atoms with Gasteiger partial charge in [0.2, 0.25) is 5.91 Å². The van der Waals surface area contributed by atoms with Crippen LogP contribution in [-0.2, 0) is 20.9 Å². The van der Waals surface area contributed by atoms with Crippen LogP contribution in [0.2, 0.25) is 0 Å². The number of aryl methyl sites for hydroxylation is 1. The number of carbonyl (C=O) groups is 2. The van der Waals surface area contributed by atoms with Gasteiger partial charge in [-0.3, -0.25) is 9.59 Å². The van der Waals surface area contributed by atoms with Gasteiger partial charge in [0.1, 0.15) is 12.4 Å². The number of nitrogens with one attached hydrogen (secondary N) is 1. The minimum Gasteiger partial charge on any atom is -0.497 e. The van der Waals surface area contributed by atoms with Gasteiger partial charge in [0.25, 0.3) is 0 Å². The van der Waals surface area contributed by atoms with Crippen LogP contribution >= 0.6 is 0 Å². The molecule has 0 saturated carbocycles. The number of hydrogen-bond acceptors (Lipinski definition) is 4. The first-order valence-corrected chi connectivity index (χ1v) is 8.10. The van der Waals surface area contributed by atoms with Crippen LogP contribution in [0.5, 0.6) is 5.75 Å². The van der Waals surface area contributed by atoms with E-state index in [2.05, 4.69) is 5.32 Å². The first-order chi connectivity index (χ1) is 12.0. The molecule has 0 heterocycles. The van der Waals surface area contributed by atoms with Crippen molar-refractivity contribution < 1.29 is 19.1 Å². The normalized spacial score (nSPS) is 11.5. The Hall–Kier alpha value is -2.82. The summed E-state index contributed by atoms with van der Waals surface area (Å²) in [5.74, 6) is 0.151. The van der Waals surface area contributed by atoms with E-state index >= 15 is 0 Å². The molecule has 2 rings (SSSR count). The number of methoxy groups -OCH3 is 1. The van der Waals surface area contributed by atoms with Gasteiger partial charge in [-0.2, -0.15) is 0 Å². The predicted molar refractivity (Wildman–Crippen MR) is 95.1 cm³/mol. The van der Waals surface area contributed by atoms with E-state index in [1.54, 1.807) is 7.11 Å². The zero-order chi connectivity index (χ0) is 18.2. The van der Waals surface area contributed by atoms with E-state index in [9.17, 15) is 9.59 Å². The van der Waals surface area contributed by atoms with Crippen LogP contribution in [0.3, 0.4) is 0 Å². The molecule has 5 nitrogen and oxygen atoms in total. The van der Waals surface area contributed by atoms with E-state index in [0.717, 1.165) is 16.7 Å². The van der Waals surface area contributed by atoms with Gasteiger partial charge < -0.3 is 14.8 Å². The van der Waals surface area contributed by atoms with Gasteiger partial charge in [0.05, 0.1) is 19.6 Å². The van der Waals surface area contributed by atoms with Crippen molar-refractivity contribution in [1.29, 1.82) is 0 Å². The number of amides is 1. The first-order valence-electron chi connectivity index (χ1n) is 8.10. The molecular weight excluding hydrogens is 318 g/mol. The Labute approximate surface area is 148 Å². The van der Waals surface area contributed by atoms with Crippen molar-refractivity contribution >= 4 is 11.9 Å². The van der Waals surface area contributed by atoms with Crippen LogP contribution in [0.1, 0.15) is 36.1 Å². The molecular formula is C20H23NO4. The van der Waals surface area contributed by atoms with Gasteiger partial charge in [-0.15, -0.1) is 0 Å². The van der Waals surface area contributed by atoms with Crippen LogP contribution in [0.25, 0.3) is 0 Å². The quantitative estimate of drug-likeness (QED) is 0.785. The minimum absolute atomic E-state index is 0.0760. The number of ether oxygens (including phenoxy) is 2. The van der Waals surface area contributed by atoms with Crippen LogP contribution in [0.15, 0.2) is 48.5 Å². The summed E-state index contributed by atoms with van der Waals surface area (Å²) >= 11 is 0. The Morgan fingerprint density at radius 3 is 2.48 bits per heavy atom. The Kier molecular flexibility index (Phi) is 6.57. The first kappa shape index (κ1) is 18.5. The number of rotatable bonds is 7. The summed E-state index contributed by atoms with van der Waals surface area (Å²) in [7, 11) is 1.59. The van der Waals surface area contributed by atoms with Crippen molar-refractivity contribution in [2.75, 3.05) is 7.11 Å². The molecule has 1 unspecified atom stereocenters. The second-order valence-electron chi connectivity index (χ2n) is 5.88. The highest BCUT2D eigenvalue weighted by atomic mass is 16.5. The summed E-state index contributed by atoms with van der Waals surface area (Å²) in [6.45, 7) is 3.58. The lowest BCUT2D eigenvalue weighted by Crippen LogP contribution is -2.28. The standard InChI is InChI=1S/C20H23NO4/c1-14-7-9-17(10-8-14)19(21-15(2)22)12-20(23)25-13-16-5-4-6-18(11-16)24-3/h4-11,19H,12-13H2,1-3H3,(H,21,22). The summed E-state index contributed by atoms with van der Waals surface area (Å²) in [6, 6.07) is 14.7. The minimum atomic E-state index is -0.407. The monoisotopic (exact) mass is 341 g/mol. The molecule has 2 aromatic carbocycles. The molecule has 25 heavy (non-hydrogen) atoms. The molecule has 5 heteroatoms. The molecule has 0 radical (unpaired) electrons. The third-order valence-corrected chi connectivity index (χ3v) is 3.76. The molecule has 0 fully saturated rings. The molecule has 0 aliphatic carbocycles. The highest BCUT2D eigenvalue weighted by Crippen LogP contribution is 2.19. The van der Waals surface area contributed by atoms with Crippen LogP contribution in [0.4, 0.5) is 0 Å². The van der Waals surface area contributed by atoms with E-state index < -0.39 is 6.04 Å². The fraction of sp³-hybridized carbons (Fsp3) is 0.300. The van der Waals surface area contributed by atoms with E-state index in [4.69, 9.17) is 9.47 Å². The highest BCUT2D eigenvalue weighted by molar-refractivity contribution is 5.76. The third kappa shape index (κ3) is 5.95. The largest absolute Gasteiger partial charge is 0.497 e. The zero-order valence-electron chi connectivity index (χ0n) is 14.7. The Balaban J connectivity index is 1.98. The summed E-state index contributed by atoms with van der Waals surface area (Å²) in [5, 5.41) is 2.80. The van der Waals surface area contributed by atoms with Crippen molar-refractivity contribution in [2.45, 2.75) is 32.9 Å². The maximum absolute atomic E-state index is 12.2. The van der Waals surface area contributed by atoms with Crippen molar-refractivity contribution in [3.8, 4) is 5.75 Å². The average Bonchev–Trinajstić information content (AvgIpc) is 2.60. The Bertz CT molecular complexity index is 725. The predicted octanol–water partition coefficient (Wildman–Crippen LogP) is 3.31. The van der Waals surface area contributed by atoms with Crippen molar-refractivity contribution in [2.24, 2.45) is 0 Å². The van der Waals surface area contributed by atoms with Crippen LogP contribution in [0, 0.1) is 6.92 Å². The summed E-state index contributed by atoms with van der Waals surface area (Å²) in [5.41, 5.74) is 2.84. The van der Waals surface area contributed by atoms with Gasteiger partial charge in [-0.1, -0.05) is 42.0 Å². The van der Waals surface area contributed by atoms with E-state index in [-0.39, 0.29) is 24.9 Å². The van der Waals surface area contributed by atoms with Crippen LogP contribution in [-0.4, -0.2) is 19.0 Å². The van der Waals surface area contributed by atoms with Crippen LogP contribution < -0.4 is 10.1 Å². The second kappa shape index (κ2) is 8.87. The molecule has 2 aromatic rings. The maximum atomic E-state index is 12.2. The molecule has 1 N–H and O–H groups in total. The van der Waals surface area contributed by atoms with Crippen molar-refractivity contribution in [3.63, 3.8) is 0 Å². The molecule has 0 bridgehead atoms. The summed E-state index contributed by atoms with van der Waals surface area (Å²) in [4.78, 5) is 23.6. The lowest BCUT2D eigenvalue weighted by molar-refractivity contribution is -0.145. The molecule has 1 atom stereocenters. The van der Waals surface area contributed by atoms with Gasteiger partial charge >= 0.3 is 5.97 Å². The summed E-state index contributed by atoms with van der Waals surface area (Å²) < 4.78 is 10.5.